The van der Waals surface area contributed by atoms with Crippen molar-refractivity contribution in [3.63, 3.8) is 0 Å². The molecule has 0 aliphatic carbocycles. The maximum atomic E-state index is 5.98. The van der Waals surface area contributed by atoms with Crippen molar-refractivity contribution in [1.82, 2.24) is 0 Å². The fourth-order valence-electron chi connectivity index (χ4n) is 2.64. The lowest BCUT2D eigenvalue weighted by Gasteiger charge is -2.30. The molecule has 0 N–H and O–H groups in total. The van der Waals surface area contributed by atoms with E-state index in [4.69, 9.17) is 14.2 Å². The van der Waals surface area contributed by atoms with Gasteiger partial charge in [0.25, 0.3) is 0 Å². The maximum Gasteiger partial charge on any atom is 0.119 e. The molecule has 0 aromatic heterocycles. The van der Waals surface area contributed by atoms with Crippen molar-refractivity contribution in [2.45, 2.75) is 64.6 Å². The van der Waals surface area contributed by atoms with Crippen LogP contribution in [0.15, 0.2) is 24.3 Å². The zero-order chi connectivity index (χ0) is 15.6. The zero-order valence-electron chi connectivity index (χ0n) is 14.1. The van der Waals surface area contributed by atoms with Crippen LogP contribution in [-0.2, 0) is 9.47 Å². The van der Waals surface area contributed by atoms with Crippen LogP contribution in [0.2, 0.25) is 0 Å². The van der Waals surface area contributed by atoms with Gasteiger partial charge in [-0.2, -0.15) is 0 Å². The van der Waals surface area contributed by atoms with Crippen LogP contribution in [0.5, 0.6) is 5.75 Å². The Hall–Kier alpha value is -1.06. The molecule has 1 heterocycles. The first-order valence-corrected chi connectivity index (χ1v) is 8.79. The van der Waals surface area contributed by atoms with Gasteiger partial charge in [0.2, 0.25) is 0 Å². The summed E-state index contributed by atoms with van der Waals surface area (Å²) in [6.45, 7) is 6.56. The minimum absolute atomic E-state index is 0.0621. The lowest BCUT2D eigenvalue weighted by atomic mass is 10.1. The molecular formula is C19H30O3. The van der Waals surface area contributed by atoms with Gasteiger partial charge in [-0.3, -0.25) is 0 Å². The van der Waals surface area contributed by atoms with Crippen molar-refractivity contribution in [2.75, 3.05) is 19.8 Å². The normalized spacial score (nSPS) is 21.7. The largest absolute Gasteiger partial charge is 0.494 e. The second-order valence-electron chi connectivity index (χ2n) is 6.04. The van der Waals surface area contributed by atoms with Gasteiger partial charge in [0.1, 0.15) is 11.9 Å². The zero-order valence-corrected chi connectivity index (χ0v) is 14.1. The van der Waals surface area contributed by atoms with E-state index >= 15 is 0 Å². The fourth-order valence-corrected chi connectivity index (χ4v) is 2.64. The Kier molecular flexibility index (Phi) is 7.75. The van der Waals surface area contributed by atoms with Crippen LogP contribution in [0.4, 0.5) is 0 Å². The number of hydrogen-bond acceptors (Lipinski definition) is 3. The van der Waals surface area contributed by atoms with Gasteiger partial charge in [0.15, 0.2) is 0 Å². The molecule has 2 rings (SSSR count). The Morgan fingerprint density at radius 3 is 2.36 bits per heavy atom. The van der Waals surface area contributed by atoms with Gasteiger partial charge in [-0.25, -0.2) is 0 Å². The van der Waals surface area contributed by atoms with E-state index in [0.717, 1.165) is 31.6 Å². The van der Waals surface area contributed by atoms with Gasteiger partial charge < -0.3 is 14.2 Å². The summed E-state index contributed by atoms with van der Waals surface area (Å²) in [6, 6.07) is 8.24. The first kappa shape index (κ1) is 17.3. The van der Waals surface area contributed by atoms with Crippen LogP contribution in [0, 0.1) is 0 Å². The second kappa shape index (κ2) is 9.86. The van der Waals surface area contributed by atoms with E-state index in [1.807, 2.05) is 12.1 Å². The van der Waals surface area contributed by atoms with Gasteiger partial charge in [0.05, 0.1) is 25.9 Å². The first-order valence-electron chi connectivity index (χ1n) is 8.79. The van der Waals surface area contributed by atoms with Gasteiger partial charge >= 0.3 is 0 Å². The molecule has 0 spiro atoms. The van der Waals surface area contributed by atoms with Crippen molar-refractivity contribution in [2.24, 2.45) is 0 Å². The molecule has 22 heavy (non-hydrogen) atoms. The van der Waals surface area contributed by atoms with Crippen LogP contribution >= 0.6 is 0 Å². The third-order valence-corrected chi connectivity index (χ3v) is 4.11. The Morgan fingerprint density at radius 2 is 1.73 bits per heavy atom. The van der Waals surface area contributed by atoms with E-state index in [9.17, 15) is 0 Å². The predicted octanol–water partition coefficient (Wildman–Crippen LogP) is 4.90. The highest BCUT2D eigenvalue weighted by Gasteiger charge is 2.23. The third kappa shape index (κ3) is 5.62. The fraction of sp³-hybridized carbons (Fsp3) is 0.684. The van der Waals surface area contributed by atoms with Gasteiger partial charge in [-0.15, -0.1) is 0 Å². The van der Waals surface area contributed by atoms with Crippen molar-refractivity contribution < 1.29 is 14.2 Å². The van der Waals surface area contributed by atoms with Crippen molar-refractivity contribution >= 4 is 0 Å². The number of hydrogen-bond donors (Lipinski definition) is 0. The number of benzene rings is 1. The summed E-state index contributed by atoms with van der Waals surface area (Å²) in [5.41, 5.74) is 1.18. The number of ether oxygens (including phenoxy) is 3. The van der Waals surface area contributed by atoms with E-state index in [2.05, 4.69) is 26.0 Å². The molecule has 0 amide bonds. The molecule has 3 heteroatoms. The molecule has 0 unspecified atom stereocenters. The second-order valence-corrected chi connectivity index (χ2v) is 6.04. The summed E-state index contributed by atoms with van der Waals surface area (Å²) < 4.78 is 17.6. The Bertz CT molecular complexity index is 394. The number of unbranched alkanes of at least 4 members (excludes halogenated alkanes) is 3. The molecule has 0 saturated carbocycles. The summed E-state index contributed by atoms with van der Waals surface area (Å²) in [4.78, 5) is 0. The topological polar surface area (TPSA) is 27.7 Å². The third-order valence-electron chi connectivity index (χ3n) is 4.11. The van der Waals surface area contributed by atoms with E-state index in [0.29, 0.717) is 13.2 Å². The summed E-state index contributed by atoms with van der Waals surface area (Å²) >= 11 is 0. The minimum Gasteiger partial charge on any atom is -0.494 e. The van der Waals surface area contributed by atoms with Crippen LogP contribution in [0.25, 0.3) is 0 Å². The lowest BCUT2D eigenvalue weighted by molar-refractivity contribution is -0.137. The van der Waals surface area contributed by atoms with E-state index in [1.54, 1.807) is 0 Å². The van der Waals surface area contributed by atoms with E-state index in [1.165, 1.54) is 24.8 Å². The van der Waals surface area contributed by atoms with Crippen LogP contribution < -0.4 is 4.74 Å². The van der Waals surface area contributed by atoms with Crippen LogP contribution in [0.1, 0.15) is 64.0 Å². The van der Waals surface area contributed by atoms with E-state index in [-0.39, 0.29) is 12.2 Å². The lowest BCUT2D eigenvalue weighted by Crippen LogP contribution is -2.31. The highest BCUT2D eigenvalue weighted by molar-refractivity contribution is 5.28. The maximum absolute atomic E-state index is 5.98. The van der Waals surface area contributed by atoms with Gasteiger partial charge in [-0.1, -0.05) is 51.7 Å². The monoisotopic (exact) mass is 306 g/mol. The first-order chi connectivity index (χ1) is 10.8. The standard InChI is InChI=1S/C19H30O3/c1-3-5-7-8-18-14-22-19(15-21-18)16-9-11-17(12-10-16)20-13-6-4-2/h9-12,18-19H,3-8,13-15H2,1-2H3/t18-,19-/m1/s1. The molecule has 2 atom stereocenters. The number of rotatable bonds is 9. The molecule has 3 nitrogen and oxygen atoms in total. The van der Waals surface area contributed by atoms with Crippen molar-refractivity contribution in [1.29, 1.82) is 0 Å². The molecule has 1 fully saturated rings. The van der Waals surface area contributed by atoms with Gasteiger partial charge in [0, 0.05) is 0 Å². The Labute approximate surface area is 135 Å². The summed E-state index contributed by atoms with van der Waals surface area (Å²) in [5, 5.41) is 0. The Balaban J connectivity index is 1.74. The molecule has 1 aliphatic rings. The predicted molar refractivity (Wildman–Crippen MR) is 89.4 cm³/mol. The minimum atomic E-state index is 0.0621. The van der Waals surface area contributed by atoms with Gasteiger partial charge in [-0.05, 0) is 30.5 Å². The van der Waals surface area contributed by atoms with E-state index < -0.39 is 0 Å². The van der Waals surface area contributed by atoms with Crippen LogP contribution in [0.3, 0.4) is 0 Å². The highest BCUT2D eigenvalue weighted by atomic mass is 16.6. The molecule has 0 radical (unpaired) electrons. The van der Waals surface area contributed by atoms with Crippen molar-refractivity contribution in [3.8, 4) is 5.75 Å². The average Bonchev–Trinajstić information content (AvgIpc) is 2.57. The summed E-state index contributed by atoms with van der Waals surface area (Å²) in [7, 11) is 0. The molecule has 1 aromatic carbocycles. The molecule has 1 saturated heterocycles. The SMILES string of the molecule is CCCCC[C@@H]1CO[C@@H](c2ccc(OCCCC)cc2)CO1. The molecule has 1 aliphatic heterocycles. The smallest absolute Gasteiger partial charge is 0.119 e. The molecule has 124 valence electrons. The van der Waals surface area contributed by atoms with Crippen molar-refractivity contribution in [3.05, 3.63) is 29.8 Å². The summed E-state index contributed by atoms with van der Waals surface area (Å²) in [6.07, 6.45) is 7.48. The molecule has 1 aromatic rings. The summed E-state index contributed by atoms with van der Waals surface area (Å²) in [5.74, 6) is 0.936. The van der Waals surface area contributed by atoms with Crippen LogP contribution in [-0.4, -0.2) is 25.9 Å². The molecular weight excluding hydrogens is 276 g/mol. The molecule has 0 bridgehead atoms. The Morgan fingerprint density at radius 1 is 0.955 bits per heavy atom. The quantitative estimate of drug-likeness (QED) is 0.607. The average molecular weight is 306 g/mol. The highest BCUT2D eigenvalue weighted by Crippen LogP contribution is 2.26.